The fraction of sp³-hybridized carbons (Fsp3) is 0.867. The van der Waals surface area contributed by atoms with Gasteiger partial charge >= 0.3 is 0 Å². The molecule has 1 unspecified atom stereocenters. The van der Waals surface area contributed by atoms with Crippen molar-refractivity contribution in [3.8, 4) is 0 Å². The Morgan fingerprint density at radius 2 is 2.17 bits per heavy atom. The molecule has 1 saturated heterocycles. The Balaban J connectivity index is 2.42. The number of Topliss-reactive ketones (excluding diaryl/α,β-unsaturated/α-hetero) is 1. The molecule has 1 aliphatic heterocycles. The van der Waals surface area contributed by atoms with Gasteiger partial charge in [0.15, 0.2) is 0 Å². The van der Waals surface area contributed by atoms with Gasteiger partial charge in [-0.15, -0.1) is 0 Å². The number of ketones is 1. The minimum atomic E-state index is -0.530. The Morgan fingerprint density at radius 1 is 1.50 bits per heavy atom. The van der Waals surface area contributed by atoms with Gasteiger partial charge < -0.3 is 9.58 Å². The summed E-state index contributed by atoms with van der Waals surface area (Å²) in [5, 5.41) is 0. The van der Waals surface area contributed by atoms with Crippen LogP contribution in [-0.2, 0) is 9.53 Å². The zero-order valence-corrected chi connectivity index (χ0v) is 11.8. The molecule has 1 heterocycles. The summed E-state index contributed by atoms with van der Waals surface area (Å²) in [6.45, 7) is 15.4. The van der Waals surface area contributed by atoms with Crippen LogP contribution in [-0.4, -0.2) is 24.0 Å². The van der Waals surface area contributed by atoms with E-state index in [0.717, 1.165) is 19.3 Å². The smallest absolute Gasteiger partial charge is 0.282 e. The zero-order chi connectivity index (χ0) is 13.6. The van der Waals surface area contributed by atoms with E-state index in [2.05, 4.69) is 18.7 Å². The third-order valence-corrected chi connectivity index (χ3v) is 5.03. The monoisotopic (exact) mass is 249 g/mol. The Kier molecular flexibility index (Phi) is 3.27. The second-order valence-corrected chi connectivity index (χ2v) is 6.52. The quantitative estimate of drug-likeness (QED) is 0.668. The first kappa shape index (κ1) is 13.5. The molecule has 3 heteroatoms. The molecule has 18 heavy (non-hydrogen) atoms. The molecule has 0 aromatic carbocycles. The Labute approximate surface area is 110 Å². The van der Waals surface area contributed by atoms with Gasteiger partial charge in [0.1, 0.15) is 0 Å². The van der Waals surface area contributed by atoms with Crippen LogP contribution in [0.1, 0.15) is 53.4 Å². The number of hydrogen-bond donors (Lipinski definition) is 0. The van der Waals surface area contributed by atoms with E-state index in [1.807, 2.05) is 13.8 Å². The van der Waals surface area contributed by atoms with Crippen LogP contribution >= 0.6 is 0 Å². The summed E-state index contributed by atoms with van der Waals surface area (Å²) in [4.78, 5) is 16.0. The number of carbonyl (C=O) groups is 1. The van der Waals surface area contributed by atoms with E-state index in [-0.39, 0.29) is 23.4 Å². The fourth-order valence-corrected chi connectivity index (χ4v) is 3.86. The molecular weight excluding hydrogens is 226 g/mol. The average molecular weight is 249 g/mol. The van der Waals surface area contributed by atoms with Gasteiger partial charge in [-0.2, -0.15) is 0 Å². The average Bonchev–Trinajstić information content (AvgIpc) is 2.35. The highest BCUT2D eigenvalue weighted by atomic mass is 16.5. The number of carbonyl (C=O) groups excluding carboxylic acids is 1. The molecule has 0 N–H and O–H groups in total. The van der Waals surface area contributed by atoms with E-state index in [4.69, 9.17) is 11.3 Å². The van der Waals surface area contributed by atoms with Gasteiger partial charge in [-0.25, -0.2) is 6.57 Å². The van der Waals surface area contributed by atoms with E-state index in [1.54, 1.807) is 0 Å². The summed E-state index contributed by atoms with van der Waals surface area (Å²) in [7, 11) is 0. The predicted octanol–water partition coefficient (Wildman–Crippen LogP) is 3.24. The summed E-state index contributed by atoms with van der Waals surface area (Å²) in [6.07, 6.45) is 4.01. The highest BCUT2D eigenvalue weighted by molar-refractivity contribution is 5.92. The standard InChI is InChI=1S/C15H23NO2/c1-6-15-8-7-10(2)18-13(15)14(3,4)12(17)11(9-15)16-5/h10-11,13H,6-9H2,1-4H3/t10-,11?,13-,15-/m0/s1. The summed E-state index contributed by atoms with van der Waals surface area (Å²) < 4.78 is 6.14. The minimum absolute atomic E-state index is 0.0238. The Morgan fingerprint density at radius 3 is 2.72 bits per heavy atom. The summed E-state index contributed by atoms with van der Waals surface area (Å²) in [5.74, 6) is 0.0701. The second-order valence-electron chi connectivity index (χ2n) is 6.52. The van der Waals surface area contributed by atoms with Crippen molar-refractivity contribution < 1.29 is 9.53 Å². The van der Waals surface area contributed by atoms with Gasteiger partial charge in [0.2, 0.25) is 5.78 Å². The van der Waals surface area contributed by atoms with Gasteiger partial charge in [0.05, 0.1) is 17.6 Å². The Hall–Kier alpha value is -0.880. The number of fused-ring (bicyclic) bond motifs is 1. The van der Waals surface area contributed by atoms with Crippen molar-refractivity contribution >= 4 is 5.78 Å². The molecule has 2 aliphatic rings. The molecular formula is C15H23NO2. The van der Waals surface area contributed by atoms with Crippen molar-refractivity contribution in [3.05, 3.63) is 11.4 Å². The van der Waals surface area contributed by atoms with Crippen LogP contribution in [0.3, 0.4) is 0 Å². The molecule has 3 nitrogen and oxygen atoms in total. The third-order valence-electron chi connectivity index (χ3n) is 5.03. The topological polar surface area (TPSA) is 30.7 Å². The third kappa shape index (κ3) is 1.78. The minimum Gasteiger partial charge on any atom is -0.374 e. The van der Waals surface area contributed by atoms with Crippen molar-refractivity contribution in [2.75, 3.05) is 0 Å². The van der Waals surface area contributed by atoms with Crippen molar-refractivity contribution in [2.45, 2.75) is 71.6 Å². The normalized spacial score (nSPS) is 43.1. The highest BCUT2D eigenvalue weighted by Crippen LogP contribution is 2.54. The maximum Gasteiger partial charge on any atom is 0.282 e. The number of rotatable bonds is 1. The van der Waals surface area contributed by atoms with Gasteiger partial charge in [0, 0.05) is 11.8 Å². The lowest BCUT2D eigenvalue weighted by molar-refractivity contribution is -0.196. The van der Waals surface area contributed by atoms with Crippen LogP contribution < -0.4 is 0 Å². The number of ether oxygens (including phenoxy) is 1. The highest BCUT2D eigenvalue weighted by Gasteiger charge is 2.61. The lowest BCUT2D eigenvalue weighted by Gasteiger charge is -2.54. The molecule has 1 saturated carbocycles. The van der Waals surface area contributed by atoms with Gasteiger partial charge in [-0.1, -0.05) is 20.8 Å². The molecule has 0 aromatic heterocycles. The SMILES string of the molecule is [C-]#[N+]C1C[C@]2(CC)CC[C@H](C)O[C@H]2C(C)(C)C1=O. The molecule has 2 rings (SSSR count). The van der Waals surface area contributed by atoms with E-state index in [0.29, 0.717) is 6.42 Å². The maximum absolute atomic E-state index is 12.4. The molecule has 0 spiro atoms. The van der Waals surface area contributed by atoms with Crippen LogP contribution in [0.15, 0.2) is 0 Å². The zero-order valence-electron chi connectivity index (χ0n) is 11.8. The molecule has 0 bridgehead atoms. The fourth-order valence-electron chi connectivity index (χ4n) is 3.86. The van der Waals surface area contributed by atoms with E-state index < -0.39 is 11.5 Å². The van der Waals surface area contributed by atoms with Crippen molar-refractivity contribution in [1.29, 1.82) is 0 Å². The molecule has 0 amide bonds. The molecule has 2 fully saturated rings. The van der Waals surface area contributed by atoms with E-state index in [1.165, 1.54) is 0 Å². The van der Waals surface area contributed by atoms with Gasteiger partial charge in [0.25, 0.3) is 6.04 Å². The summed E-state index contributed by atoms with van der Waals surface area (Å²) in [6, 6.07) is -0.465. The van der Waals surface area contributed by atoms with Crippen LogP contribution in [0.25, 0.3) is 4.85 Å². The summed E-state index contributed by atoms with van der Waals surface area (Å²) in [5.41, 5.74) is -0.503. The largest absolute Gasteiger partial charge is 0.374 e. The van der Waals surface area contributed by atoms with Crippen molar-refractivity contribution in [1.82, 2.24) is 0 Å². The van der Waals surface area contributed by atoms with Gasteiger partial charge in [-0.05, 0) is 26.2 Å². The molecule has 4 atom stereocenters. The van der Waals surface area contributed by atoms with Crippen molar-refractivity contribution in [3.63, 3.8) is 0 Å². The van der Waals surface area contributed by atoms with E-state index in [9.17, 15) is 4.79 Å². The van der Waals surface area contributed by atoms with Crippen LogP contribution in [0, 0.1) is 17.4 Å². The van der Waals surface area contributed by atoms with Crippen LogP contribution in [0.5, 0.6) is 0 Å². The number of nitrogens with zero attached hydrogens (tertiary/aromatic N) is 1. The second kappa shape index (κ2) is 4.35. The van der Waals surface area contributed by atoms with Crippen molar-refractivity contribution in [2.24, 2.45) is 10.8 Å². The molecule has 1 aliphatic carbocycles. The molecule has 0 radical (unpaired) electrons. The first-order valence-electron chi connectivity index (χ1n) is 6.93. The lowest BCUT2D eigenvalue weighted by atomic mass is 9.55. The summed E-state index contributed by atoms with van der Waals surface area (Å²) >= 11 is 0. The van der Waals surface area contributed by atoms with E-state index >= 15 is 0 Å². The molecule has 100 valence electrons. The first-order valence-corrected chi connectivity index (χ1v) is 6.93. The maximum atomic E-state index is 12.4. The first-order chi connectivity index (χ1) is 8.37. The number of hydrogen-bond acceptors (Lipinski definition) is 2. The van der Waals surface area contributed by atoms with Crippen LogP contribution in [0.4, 0.5) is 0 Å². The van der Waals surface area contributed by atoms with Crippen LogP contribution in [0.2, 0.25) is 0 Å². The molecule has 0 aromatic rings. The predicted molar refractivity (Wildman–Crippen MR) is 70.1 cm³/mol. The Bertz CT molecular complexity index is 396. The van der Waals surface area contributed by atoms with Gasteiger partial charge in [-0.3, -0.25) is 4.79 Å². The lowest BCUT2D eigenvalue weighted by Crippen LogP contribution is -2.61.